The Bertz CT molecular complexity index is 614. The van der Waals surface area contributed by atoms with Crippen LogP contribution in [-0.2, 0) is 13.1 Å². The lowest BCUT2D eigenvalue weighted by atomic mass is 10.1. The zero-order valence-corrected chi connectivity index (χ0v) is 14.4. The highest BCUT2D eigenvalue weighted by Gasteiger charge is 2.16. The van der Waals surface area contributed by atoms with Gasteiger partial charge in [0.05, 0.1) is 33.4 Å². The molecule has 1 unspecified atom stereocenters. The molecule has 4 nitrogen and oxygen atoms in total. The molecule has 1 N–H and O–H groups in total. The summed E-state index contributed by atoms with van der Waals surface area (Å²) in [6, 6.07) is 14.5. The van der Waals surface area contributed by atoms with E-state index < -0.39 is 0 Å². The van der Waals surface area contributed by atoms with Crippen molar-refractivity contribution >= 4 is 0 Å². The third-order valence-corrected chi connectivity index (χ3v) is 4.02. The number of ether oxygens (including phenoxy) is 3. The van der Waals surface area contributed by atoms with Crippen LogP contribution in [0.2, 0.25) is 0 Å². The van der Waals surface area contributed by atoms with E-state index >= 15 is 0 Å². The van der Waals surface area contributed by atoms with Crippen molar-refractivity contribution in [1.82, 2.24) is 0 Å². The van der Waals surface area contributed by atoms with Crippen molar-refractivity contribution in [1.29, 1.82) is 0 Å². The molecule has 0 aromatic heterocycles. The van der Waals surface area contributed by atoms with Crippen molar-refractivity contribution in [3.63, 3.8) is 0 Å². The molecule has 23 heavy (non-hydrogen) atoms. The van der Waals surface area contributed by atoms with Crippen molar-refractivity contribution in [3.05, 3.63) is 53.6 Å². The molecule has 0 saturated heterocycles. The maximum Gasteiger partial charge on any atom is 0.164 e. The van der Waals surface area contributed by atoms with Gasteiger partial charge in [0, 0.05) is 11.6 Å². The van der Waals surface area contributed by atoms with E-state index in [0.717, 1.165) is 36.7 Å². The van der Waals surface area contributed by atoms with E-state index in [1.165, 1.54) is 10.5 Å². The summed E-state index contributed by atoms with van der Waals surface area (Å²) in [6.45, 7) is 5.08. The second-order valence-corrected chi connectivity index (χ2v) is 5.46. The highest BCUT2D eigenvalue weighted by Crippen LogP contribution is 2.34. The van der Waals surface area contributed by atoms with E-state index in [0.29, 0.717) is 5.75 Å². The zero-order chi connectivity index (χ0) is 16.7. The Hall–Kier alpha value is -2.20. The molecule has 0 fully saturated rings. The van der Waals surface area contributed by atoms with Gasteiger partial charge >= 0.3 is 0 Å². The first-order valence-corrected chi connectivity index (χ1v) is 7.88. The van der Waals surface area contributed by atoms with E-state index in [2.05, 4.69) is 31.2 Å². The molecule has 0 heterocycles. The molecule has 0 amide bonds. The number of quaternary nitrogens is 1. The lowest BCUT2D eigenvalue weighted by Crippen LogP contribution is -3.09. The number of methoxy groups -OCH3 is 3. The molecule has 1 atom stereocenters. The summed E-state index contributed by atoms with van der Waals surface area (Å²) in [6.07, 6.45) is 0. The molecule has 0 radical (unpaired) electrons. The minimum Gasteiger partial charge on any atom is -0.496 e. The summed E-state index contributed by atoms with van der Waals surface area (Å²) in [5.74, 6) is 2.26. The molecule has 2 aromatic rings. The molecule has 2 rings (SSSR count). The topological polar surface area (TPSA) is 32.1 Å². The molecule has 0 aliphatic heterocycles. The number of hydrogen-bond acceptors (Lipinski definition) is 3. The monoisotopic (exact) mass is 316 g/mol. The van der Waals surface area contributed by atoms with Gasteiger partial charge in [-0.3, -0.25) is 0 Å². The third-order valence-electron chi connectivity index (χ3n) is 4.02. The van der Waals surface area contributed by atoms with Gasteiger partial charge in [0.15, 0.2) is 11.5 Å². The van der Waals surface area contributed by atoms with Crippen molar-refractivity contribution in [3.8, 4) is 17.2 Å². The third kappa shape index (κ3) is 4.39. The van der Waals surface area contributed by atoms with Gasteiger partial charge in [0.25, 0.3) is 0 Å². The fraction of sp³-hybridized carbons (Fsp3) is 0.368. The molecule has 0 spiro atoms. The summed E-state index contributed by atoms with van der Waals surface area (Å²) in [7, 11) is 4.98. The van der Waals surface area contributed by atoms with Crippen LogP contribution in [0.3, 0.4) is 0 Å². The maximum absolute atomic E-state index is 5.53. The van der Waals surface area contributed by atoms with Crippen molar-refractivity contribution in [2.45, 2.75) is 20.0 Å². The van der Waals surface area contributed by atoms with Gasteiger partial charge in [0.2, 0.25) is 0 Å². The second kappa shape index (κ2) is 8.44. The zero-order valence-electron chi connectivity index (χ0n) is 14.4. The van der Waals surface area contributed by atoms with Gasteiger partial charge < -0.3 is 19.1 Å². The molecule has 0 bridgehead atoms. The van der Waals surface area contributed by atoms with E-state index in [4.69, 9.17) is 14.2 Å². The smallest absolute Gasteiger partial charge is 0.164 e. The maximum atomic E-state index is 5.53. The van der Waals surface area contributed by atoms with Gasteiger partial charge in [-0.2, -0.15) is 0 Å². The quantitative estimate of drug-likeness (QED) is 0.811. The van der Waals surface area contributed by atoms with Crippen molar-refractivity contribution in [2.24, 2.45) is 0 Å². The Morgan fingerprint density at radius 1 is 0.783 bits per heavy atom. The summed E-state index contributed by atoms with van der Waals surface area (Å²) in [5.41, 5.74) is 2.46. The van der Waals surface area contributed by atoms with Gasteiger partial charge in [-0.1, -0.05) is 30.3 Å². The van der Waals surface area contributed by atoms with Crippen LogP contribution in [0.5, 0.6) is 17.2 Å². The highest BCUT2D eigenvalue weighted by molar-refractivity contribution is 5.50. The van der Waals surface area contributed by atoms with Crippen LogP contribution in [0.25, 0.3) is 0 Å². The van der Waals surface area contributed by atoms with Gasteiger partial charge in [-0.15, -0.1) is 0 Å². The summed E-state index contributed by atoms with van der Waals surface area (Å²) < 4.78 is 16.3. The van der Waals surface area contributed by atoms with E-state index in [1.807, 2.05) is 18.2 Å². The predicted molar refractivity (Wildman–Crippen MR) is 91.5 cm³/mol. The number of rotatable bonds is 8. The van der Waals surface area contributed by atoms with Gasteiger partial charge in [-0.05, 0) is 13.0 Å². The second-order valence-electron chi connectivity index (χ2n) is 5.46. The minimum atomic E-state index is 0.689. The van der Waals surface area contributed by atoms with E-state index in [9.17, 15) is 0 Å². The molecule has 0 saturated carbocycles. The highest BCUT2D eigenvalue weighted by atomic mass is 16.5. The van der Waals surface area contributed by atoms with E-state index in [-0.39, 0.29) is 0 Å². The first-order chi connectivity index (χ1) is 11.2. The van der Waals surface area contributed by atoms with Gasteiger partial charge in [0.1, 0.15) is 18.8 Å². The van der Waals surface area contributed by atoms with Crippen molar-refractivity contribution in [2.75, 3.05) is 27.9 Å². The Balaban J connectivity index is 2.22. The minimum absolute atomic E-state index is 0.689. The molecular formula is C19H26NO3+. The Morgan fingerprint density at radius 2 is 1.39 bits per heavy atom. The average Bonchev–Trinajstić information content (AvgIpc) is 2.61. The standard InChI is InChI=1S/C19H25NO3/c1-5-20(13-15-9-7-6-8-10-15)14-16-11-18(22-3)19(23-4)12-17(16)21-2/h6-12H,5,13-14H2,1-4H3/p+1. The first kappa shape index (κ1) is 17.2. The molecular weight excluding hydrogens is 290 g/mol. The molecule has 124 valence electrons. The molecule has 4 heteroatoms. The summed E-state index contributed by atoms with van der Waals surface area (Å²) in [4.78, 5) is 1.46. The van der Waals surface area contributed by atoms with Crippen LogP contribution < -0.4 is 19.1 Å². The fourth-order valence-electron chi connectivity index (χ4n) is 2.70. The van der Waals surface area contributed by atoms with Crippen LogP contribution in [0.15, 0.2) is 42.5 Å². The number of benzene rings is 2. The Morgan fingerprint density at radius 3 is 1.96 bits per heavy atom. The molecule has 2 aromatic carbocycles. The van der Waals surface area contributed by atoms with Crippen LogP contribution in [0.4, 0.5) is 0 Å². The lowest BCUT2D eigenvalue weighted by molar-refractivity contribution is -0.925. The Kier molecular flexibility index (Phi) is 6.29. The fourth-order valence-corrected chi connectivity index (χ4v) is 2.70. The van der Waals surface area contributed by atoms with Crippen LogP contribution in [0.1, 0.15) is 18.1 Å². The van der Waals surface area contributed by atoms with Crippen LogP contribution >= 0.6 is 0 Å². The predicted octanol–water partition coefficient (Wildman–Crippen LogP) is 2.32. The molecule has 0 aliphatic rings. The largest absolute Gasteiger partial charge is 0.496 e. The molecule has 0 aliphatic carbocycles. The summed E-state index contributed by atoms with van der Waals surface area (Å²) in [5, 5.41) is 0. The van der Waals surface area contributed by atoms with Crippen LogP contribution in [0, 0.1) is 0 Å². The Labute approximate surface area is 138 Å². The summed E-state index contributed by atoms with van der Waals surface area (Å²) >= 11 is 0. The first-order valence-electron chi connectivity index (χ1n) is 7.88. The average molecular weight is 316 g/mol. The SMILES string of the molecule is CC[NH+](Cc1ccccc1)Cc1cc(OC)c(OC)cc1OC. The van der Waals surface area contributed by atoms with Crippen molar-refractivity contribution < 1.29 is 19.1 Å². The van der Waals surface area contributed by atoms with Crippen LogP contribution in [-0.4, -0.2) is 27.9 Å². The number of hydrogen-bond donors (Lipinski definition) is 1. The van der Waals surface area contributed by atoms with E-state index in [1.54, 1.807) is 21.3 Å². The van der Waals surface area contributed by atoms with Gasteiger partial charge in [-0.25, -0.2) is 0 Å². The lowest BCUT2D eigenvalue weighted by Gasteiger charge is -2.20. The normalized spacial score (nSPS) is 11.8. The number of nitrogens with one attached hydrogen (secondary N) is 1.